The first-order chi connectivity index (χ1) is 13.5. The van der Waals surface area contributed by atoms with Gasteiger partial charge in [-0.3, -0.25) is 14.5 Å². The van der Waals surface area contributed by atoms with E-state index in [0.717, 1.165) is 16.2 Å². The predicted molar refractivity (Wildman–Crippen MR) is 112 cm³/mol. The first-order valence-corrected chi connectivity index (χ1v) is 10.4. The molecule has 2 rings (SSSR count). The Morgan fingerprint density at radius 3 is 2.31 bits per heavy atom. The lowest BCUT2D eigenvalue weighted by atomic mass is 9.98. The average molecular weight is 414 g/mol. The molecule has 0 bridgehead atoms. The number of allylic oxidation sites excluding steroid dienone is 2. The molecule has 0 spiro atoms. The first-order valence-electron chi connectivity index (χ1n) is 8.66. The van der Waals surface area contributed by atoms with Gasteiger partial charge in [0.15, 0.2) is 0 Å². The van der Waals surface area contributed by atoms with Crippen LogP contribution in [0.5, 0.6) is 0 Å². The van der Waals surface area contributed by atoms with Gasteiger partial charge in [-0.25, -0.2) is 18.4 Å². The standard InChI is InChI=1S/C20H22N4O4S/c1-14-17(7-5-6-15-8-10-16(11-9-15)23(3)4)19(25)24(12-13-29(21,27)28)20(26)18(14)22-2/h5-11H,12-13H2,1,3-4H3,(H2,21,27,28)/b6-5?,17-7-. The smallest absolute Gasteiger partial charge is 0.260 e. The van der Waals surface area contributed by atoms with Gasteiger partial charge in [-0.2, -0.15) is 0 Å². The normalized spacial score (nSPS) is 16.7. The zero-order chi connectivity index (χ0) is 21.8. The number of nitrogens with two attached hydrogens (primary N) is 1. The number of anilines is 1. The average Bonchev–Trinajstić information content (AvgIpc) is 2.64. The highest BCUT2D eigenvalue weighted by Gasteiger charge is 2.35. The van der Waals surface area contributed by atoms with Crippen LogP contribution < -0.4 is 10.0 Å². The summed E-state index contributed by atoms with van der Waals surface area (Å²) >= 11 is 0. The van der Waals surface area contributed by atoms with E-state index in [0.29, 0.717) is 0 Å². The number of nitrogens with zero attached hydrogens (tertiary/aromatic N) is 3. The van der Waals surface area contributed by atoms with Gasteiger partial charge in [0, 0.05) is 31.9 Å². The van der Waals surface area contributed by atoms with Gasteiger partial charge in [0.2, 0.25) is 10.0 Å². The second kappa shape index (κ2) is 8.86. The molecule has 2 N–H and O–H groups in total. The van der Waals surface area contributed by atoms with Crippen molar-refractivity contribution in [3.63, 3.8) is 0 Å². The highest BCUT2D eigenvalue weighted by atomic mass is 32.2. The molecule has 0 fully saturated rings. The summed E-state index contributed by atoms with van der Waals surface area (Å²) in [5, 5.41) is 4.97. The van der Waals surface area contributed by atoms with E-state index < -0.39 is 34.1 Å². The molecule has 29 heavy (non-hydrogen) atoms. The van der Waals surface area contributed by atoms with Crippen molar-refractivity contribution in [1.29, 1.82) is 0 Å². The molecular weight excluding hydrogens is 392 g/mol. The van der Waals surface area contributed by atoms with Gasteiger partial charge >= 0.3 is 0 Å². The monoisotopic (exact) mass is 414 g/mol. The molecule has 1 heterocycles. The molecule has 0 aliphatic carbocycles. The van der Waals surface area contributed by atoms with E-state index in [4.69, 9.17) is 11.7 Å². The minimum Gasteiger partial charge on any atom is -0.378 e. The Kier molecular flexibility index (Phi) is 6.74. The fourth-order valence-electron chi connectivity index (χ4n) is 2.70. The lowest BCUT2D eigenvalue weighted by Gasteiger charge is -2.27. The van der Waals surface area contributed by atoms with Gasteiger partial charge in [0.05, 0.1) is 12.3 Å². The van der Waals surface area contributed by atoms with Crippen molar-refractivity contribution in [1.82, 2.24) is 4.90 Å². The molecule has 9 heteroatoms. The molecule has 0 atom stereocenters. The quantitative estimate of drug-likeness (QED) is 0.432. The van der Waals surface area contributed by atoms with E-state index in [2.05, 4.69) is 4.85 Å². The van der Waals surface area contributed by atoms with Crippen molar-refractivity contribution in [2.45, 2.75) is 6.92 Å². The SMILES string of the molecule is [C-]#[N+]C1=C(C)/C(=C/C=Cc2ccc(N(C)C)cc2)C(=O)N(CCS(N)(=O)=O)C1=O. The number of amides is 2. The molecule has 0 unspecified atom stereocenters. The third-order valence-electron chi connectivity index (χ3n) is 4.35. The van der Waals surface area contributed by atoms with Gasteiger partial charge in [0.25, 0.3) is 17.5 Å². The fraction of sp³-hybridized carbons (Fsp3) is 0.250. The van der Waals surface area contributed by atoms with Crippen LogP contribution in [0.15, 0.2) is 53.3 Å². The summed E-state index contributed by atoms with van der Waals surface area (Å²) in [4.78, 5) is 31.0. The molecule has 8 nitrogen and oxygen atoms in total. The van der Waals surface area contributed by atoms with Crippen molar-refractivity contribution in [2.75, 3.05) is 31.3 Å². The second-order valence-electron chi connectivity index (χ2n) is 6.64. The molecule has 1 aromatic rings. The summed E-state index contributed by atoms with van der Waals surface area (Å²) in [7, 11) is 0.0180. The summed E-state index contributed by atoms with van der Waals surface area (Å²) in [5.74, 6) is -2.04. The van der Waals surface area contributed by atoms with Gasteiger partial charge < -0.3 is 4.90 Å². The van der Waals surface area contributed by atoms with Crippen LogP contribution in [0.2, 0.25) is 0 Å². The number of carbonyl (C=O) groups is 2. The third-order valence-corrected chi connectivity index (χ3v) is 5.11. The van der Waals surface area contributed by atoms with Crippen LogP contribution >= 0.6 is 0 Å². The van der Waals surface area contributed by atoms with Crippen LogP contribution in [0.25, 0.3) is 10.9 Å². The van der Waals surface area contributed by atoms with Crippen LogP contribution in [-0.4, -0.2) is 51.5 Å². The molecule has 1 aliphatic rings. The number of benzene rings is 1. The van der Waals surface area contributed by atoms with Crippen molar-refractivity contribution in [3.8, 4) is 0 Å². The number of sulfonamides is 1. The minimum atomic E-state index is -3.86. The van der Waals surface area contributed by atoms with Crippen molar-refractivity contribution in [2.24, 2.45) is 5.14 Å². The van der Waals surface area contributed by atoms with Crippen LogP contribution in [0.4, 0.5) is 5.69 Å². The number of rotatable bonds is 6. The molecular formula is C20H22N4O4S. The Morgan fingerprint density at radius 1 is 1.17 bits per heavy atom. The van der Waals surface area contributed by atoms with Crippen LogP contribution in [0, 0.1) is 6.57 Å². The van der Waals surface area contributed by atoms with Crippen molar-refractivity contribution < 1.29 is 18.0 Å². The zero-order valence-corrected chi connectivity index (χ0v) is 17.2. The number of primary sulfonamides is 1. The molecule has 0 saturated heterocycles. The first kappa shape index (κ1) is 22.1. The highest BCUT2D eigenvalue weighted by molar-refractivity contribution is 7.89. The van der Waals surface area contributed by atoms with Crippen LogP contribution in [-0.2, 0) is 19.6 Å². The Labute approximate surface area is 170 Å². The molecule has 0 saturated carbocycles. The lowest BCUT2D eigenvalue weighted by Crippen LogP contribution is -2.45. The third kappa shape index (κ3) is 5.40. The summed E-state index contributed by atoms with van der Waals surface area (Å²) in [6, 6.07) is 7.74. The Bertz CT molecular complexity index is 1060. The molecule has 0 aromatic heterocycles. The molecule has 2 amide bonds. The van der Waals surface area contributed by atoms with Crippen LogP contribution in [0.3, 0.4) is 0 Å². The van der Waals surface area contributed by atoms with E-state index in [1.807, 2.05) is 43.3 Å². The number of carbonyl (C=O) groups excluding carboxylic acids is 2. The predicted octanol–water partition coefficient (Wildman–Crippen LogP) is 1.54. The Hall–Kier alpha value is -3.22. The largest absolute Gasteiger partial charge is 0.378 e. The summed E-state index contributed by atoms with van der Waals surface area (Å²) < 4.78 is 22.4. The number of imide groups is 1. The van der Waals surface area contributed by atoms with E-state index in [9.17, 15) is 18.0 Å². The van der Waals surface area contributed by atoms with Gasteiger partial charge in [-0.15, -0.1) is 0 Å². The summed E-state index contributed by atoms with van der Waals surface area (Å²) in [6.07, 6.45) is 4.95. The molecule has 0 radical (unpaired) electrons. The summed E-state index contributed by atoms with van der Waals surface area (Å²) in [6.45, 7) is 8.35. The Morgan fingerprint density at radius 2 is 1.79 bits per heavy atom. The molecule has 1 aromatic carbocycles. The van der Waals surface area contributed by atoms with Crippen molar-refractivity contribution in [3.05, 3.63) is 70.2 Å². The van der Waals surface area contributed by atoms with Crippen LogP contribution in [0.1, 0.15) is 12.5 Å². The van der Waals surface area contributed by atoms with Gasteiger partial charge in [0.1, 0.15) is 0 Å². The second-order valence-corrected chi connectivity index (χ2v) is 8.37. The Balaban J connectivity index is 2.33. The van der Waals surface area contributed by atoms with E-state index >= 15 is 0 Å². The van der Waals surface area contributed by atoms with Crippen molar-refractivity contribution >= 4 is 33.6 Å². The zero-order valence-electron chi connectivity index (χ0n) is 16.4. The number of hydrogen-bond acceptors (Lipinski definition) is 5. The maximum atomic E-state index is 12.7. The minimum absolute atomic E-state index is 0.159. The van der Waals surface area contributed by atoms with Gasteiger partial charge in [-0.05, 0) is 30.2 Å². The van der Waals surface area contributed by atoms with E-state index in [1.165, 1.54) is 13.0 Å². The summed E-state index contributed by atoms with van der Waals surface area (Å²) in [5.41, 5.74) is 2.16. The van der Waals surface area contributed by atoms with E-state index in [-0.39, 0.29) is 16.8 Å². The molecule has 1 aliphatic heterocycles. The van der Waals surface area contributed by atoms with E-state index in [1.54, 1.807) is 12.2 Å². The maximum absolute atomic E-state index is 12.7. The molecule has 152 valence electrons. The lowest BCUT2D eigenvalue weighted by molar-refractivity contribution is -0.140. The topological polar surface area (TPSA) is 105 Å². The number of hydrogen-bond donors (Lipinski definition) is 1. The maximum Gasteiger partial charge on any atom is 0.260 e. The van der Waals surface area contributed by atoms with Gasteiger partial charge in [-0.1, -0.05) is 30.4 Å². The fourth-order valence-corrected chi connectivity index (χ4v) is 3.14. The highest BCUT2D eigenvalue weighted by Crippen LogP contribution is 2.26.